The van der Waals surface area contributed by atoms with Crippen LogP contribution in [0.1, 0.15) is 5.69 Å². The lowest BCUT2D eigenvalue weighted by atomic mass is 10.3. The van der Waals surface area contributed by atoms with Crippen LogP contribution in [0.2, 0.25) is 5.28 Å². The van der Waals surface area contributed by atoms with Gasteiger partial charge in [0.2, 0.25) is 5.28 Å². The predicted molar refractivity (Wildman–Crippen MR) is 41.6 cm³/mol. The van der Waals surface area contributed by atoms with E-state index in [4.69, 9.17) is 17.3 Å². The minimum atomic E-state index is -0.599. The van der Waals surface area contributed by atoms with Gasteiger partial charge in [0.1, 0.15) is 11.9 Å². The van der Waals surface area contributed by atoms with E-state index in [1.807, 2.05) is 0 Å². The highest BCUT2D eigenvalue weighted by Crippen LogP contribution is 2.15. The maximum Gasteiger partial charge on any atom is 0.310 e. The average molecular weight is 189 g/mol. The molecule has 0 bridgehead atoms. The van der Waals surface area contributed by atoms with Crippen LogP contribution in [-0.2, 0) is 6.54 Å². The number of hydrogen-bond donors (Lipinski definition) is 1. The van der Waals surface area contributed by atoms with Gasteiger partial charge in [0.25, 0.3) is 0 Å². The Morgan fingerprint density at radius 2 is 2.42 bits per heavy atom. The molecule has 0 saturated heterocycles. The molecule has 1 rings (SSSR count). The van der Waals surface area contributed by atoms with Gasteiger partial charge in [-0.2, -0.15) is 0 Å². The summed E-state index contributed by atoms with van der Waals surface area (Å²) < 4.78 is 0. The van der Waals surface area contributed by atoms with Crippen LogP contribution in [0.15, 0.2) is 6.20 Å². The maximum atomic E-state index is 10.3. The number of aromatic nitrogens is 2. The van der Waals surface area contributed by atoms with Crippen LogP contribution in [0, 0.1) is 10.1 Å². The van der Waals surface area contributed by atoms with Gasteiger partial charge in [0.15, 0.2) is 0 Å². The molecule has 0 saturated carbocycles. The highest BCUT2D eigenvalue weighted by molar-refractivity contribution is 6.28. The second kappa shape index (κ2) is 3.42. The molecule has 0 atom stereocenters. The van der Waals surface area contributed by atoms with E-state index in [1.165, 1.54) is 0 Å². The molecule has 0 fully saturated rings. The summed E-state index contributed by atoms with van der Waals surface area (Å²) in [5.41, 5.74) is 5.14. The van der Waals surface area contributed by atoms with Crippen molar-refractivity contribution >= 4 is 17.3 Å². The monoisotopic (exact) mass is 188 g/mol. The molecule has 0 aliphatic carbocycles. The van der Waals surface area contributed by atoms with Gasteiger partial charge in [-0.1, -0.05) is 0 Å². The van der Waals surface area contributed by atoms with Crippen LogP contribution in [0.5, 0.6) is 0 Å². The smallest absolute Gasteiger partial charge is 0.310 e. The third kappa shape index (κ3) is 1.66. The molecule has 1 heterocycles. The van der Waals surface area contributed by atoms with Crippen molar-refractivity contribution < 1.29 is 4.92 Å². The van der Waals surface area contributed by atoms with Crippen molar-refractivity contribution in [2.75, 3.05) is 0 Å². The van der Waals surface area contributed by atoms with Crippen molar-refractivity contribution in [2.24, 2.45) is 5.73 Å². The second-order valence-electron chi connectivity index (χ2n) is 1.93. The summed E-state index contributed by atoms with van der Waals surface area (Å²) >= 11 is 5.40. The first-order valence-electron chi connectivity index (χ1n) is 3.01. The molecule has 1 aromatic heterocycles. The summed E-state index contributed by atoms with van der Waals surface area (Å²) in [5, 5.41) is 10.3. The van der Waals surface area contributed by atoms with Crippen molar-refractivity contribution in [1.82, 2.24) is 9.97 Å². The molecule has 6 nitrogen and oxygen atoms in total. The fraction of sp³-hybridized carbons (Fsp3) is 0.200. The molecule has 64 valence electrons. The molecular weight excluding hydrogens is 184 g/mol. The van der Waals surface area contributed by atoms with E-state index in [1.54, 1.807) is 0 Å². The van der Waals surface area contributed by atoms with Crippen molar-refractivity contribution in [3.05, 3.63) is 27.3 Å². The lowest BCUT2D eigenvalue weighted by Crippen LogP contribution is -2.05. The summed E-state index contributed by atoms with van der Waals surface area (Å²) in [5.74, 6) is 0. The molecule has 0 spiro atoms. The summed E-state index contributed by atoms with van der Waals surface area (Å²) in [6, 6.07) is 0. The van der Waals surface area contributed by atoms with Gasteiger partial charge in [-0.25, -0.2) is 9.97 Å². The average Bonchev–Trinajstić information content (AvgIpc) is 2.03. The molecule has 12 heavy (non-hydrogen) atoms. The fourth-order valence-corrected chi connectivity index (χ4v) is 0.840. The molecule has 0 unspecified atom stereocenters. The van der Waals surface area contributed by atoms with Gasteiger partial charge >= 0.3 is 5.69 Å². The van der Waals surface area contributed by atoms with Crippen LogP contribution >= 0.6 is 11.6 Å². The summed E-state index contributed by atoms with van der Waals surface area (Å²) in [6.45, 7) is -0.0292. The first kappa shape index (κ1) is 8.82. The molecule has 7 heteroatoms. The van der Waals surface area contributed by atoms with Crippen LogP contribution in [0.25, 0.3) is 0 Å². The van der Waals surface area contributed by atoms with E-state index < -0.39 is 4.92 Å². The molecular formula is C5H5ClN4O2. The van der Waals surface area contributed by atoms with Crippen molar-refractivity contribution in [2.45, 2.75) is 6.54 Å². The lowest BCUT2D eigenvalue weighted by molar-refractivity contribution is -0.386. The minimum absolute atomic E-state index is 0.0292. The first-order valence-corrected chi connectivity index (χ1v) is 3.39. The van der Waals surface area contributed by atoms with E-state index in [9.17, 15) is 10.1 Å². The van der Waals surface area contributed by atoms with Crippen LogP contribution < -0.4 is 5.73 Å². The third-order valence-electron chi connectivity index (χ3n) is 1.21. The molecule has 0 aliphatic heterocycles. The maximum absolute atomic E-state index is 10.3. The van der Waals surface area contributed by atoms with E-state index in [0.29, 0.717) is 0 Å². The molecule has 0 radical (unpaired) electrons. The van der Waals surface area contributed by atoms with Crippen molar-refractivity contribution in [1.29, 1.82) is 0 Å². The Labute approximate surface area is 72.5 Å². The molecule has 1 aromatic rings. The number of nitro groups is 1. The van der Waals surface area contributed by atoms with Crippen molar-refractivity contribution in [3.63, 3.8) is 0 Å². The van der Waals surface area contributed by atoms with Gasteiger partial charge in [-0.3, -0.25) is 10.1 Å². The zero-order chi connectivity index (χ0) is 9.14. The highest BCUT2D eigenvalue weighted by Gasteiger charge is 2.14. The Morgan fingerprint density at radius 1 is 1.75 bits per heavy atom. The van der Waals surface area contributed by atoms with Gasteiger partial charge in [0, 0.05) is 6.54 Å². The number of nitrogens with two attached hydrogens (primary N) is 1. The van der Waals surface area contributed by atoms with E-state index in [2.05, 4.69) is 9.97 Å². The van der Waals surface area contributed by atoms with E-state index >= 15 is 0 Å². The standard InChI is InChI=1S/C5H5ClN4O2/c6-5-8-2-4(10(11)12)3(1-7)9-5/h2H,1,7H2. The zero-order valence-corrected chi connectivity index (χ0v) is 6.65. The van der Waals surface area contributed by atoms with Gasteiger partial charge in [-0.05, 0) is 11.6 Å². The highest BCUT2D eigenvalue weighted by atomic mass is 35.5. The quantitative estimate of drug-likeness (QED) is 0.414. The normalized spacial score (nSPS) is 9.83. The van der Waals surface area contributed by atoms with Crippen LogP contribution in [0.3, 0.4) is 0 Å². The Bertz CT molecular complexity index is 316. The van der Waals surface area contributed by atoms with Gasteiger partial charge in [-0.15, -0.1) is 0 Å². The Kier molecular flexibility index (Phi) is 2.51. The zero-order valence-electron chi connectivity index (χ0n) is 5.90. The van der Waals surface area contributed by atoms with Gasteiger partial charge in [0.05, 0.1) is 4.92 Å². The van der Waals surface area contributed by atoms with Crippen molar-refractivity contribution in [3.8, 4) is 0 Å². The number of hydrogen-bond acceptors (Lipinski definition) is 5. The first-order chi connectivity index (χ1) is 5.65. The van der Waals surface area contributed by atoms with Crippen LogP contribution in [-0.4, -0.2) is 14.9 Å². The third-order valence-corrected chi connectivity index (χ3v) is 1.39. The summed E-state index contributed by atoms with van der Waals surface area (Å²) in [6.07, 6.45) is 1.04. The number of rotatable bonds is 2. The minimum Gasteiger partial charge on any atom is -0.325 e. The largest absolute Gasteiger partial charge is 0.325 e. The topological polar surface area (TPSA) is 94.9 Å². The number of halogens is 1. The Morgan fingerprint density at radius 3 is 2.92 bits per heavy atom. The lowest BCUT2D eigenvalue weighted by Gasteiger charge is -1.97. The Hall–Kier alpha value is -1.27. The SMILES string of the molecule is NCc1nc(Cl)ncc1[N+](=O)[O-]. The summed E-state index contributed by atoms with van der Waals surface area (Å²) in [4.78, 5) is 16.8. The molecule has 2 N–H and O–H groups in total. The van der Waals surface area contributed by atoms with E-state index in [-0.39, 0.29) is 23.2 Å². The second-order valence-corrected chi connectivity index (χ2v) is 2.27. The van der Waals surface area contributed by atoms with Crippen LogP contribution in [0.4, 0.5) is 5.69 Å². The predicted octanol–water partition coefficient (Wildman–Crippen LogP) is 0.497. The Balaban J connectivity index is 3.20. The fourth-order valence-electron chi connectivity index (χ4n) is 0.689. The molecule has 0 amide bonds. The molecule has 0 aliphatic rings. The number of nitrogens with zero attached hydrogens (tertiary/aromatic N) is 3. The summed E-state index contributed by atoms with van der Waals surface area (Å²) in [7, 11) is 0. The molecule has 0 aromatic carbocycles. The van der Waals surface area contributed by atoms with Gasteiger partial charge < -0.3 is 5.73 Å². The van der Waals surface area contributed by atoms with E-state index in [0.717, 1.165) is 6.20 Å².